The number of carbonyl (C=O) groups excluding carboxylic acids is 2. The molecular weight excluding hydrogens is 629 g/mol. The molecule has 5 unspecified atom stereocenters. The van der Waals surface area contributed by atoms with Crippen LogP contribution in [0.3, 0.4) is 0 Å². The molecule has 0 amide bonds. The van der Waals surface area contributed by atoms with Gasteiger partial charge in [0.2, 0.25) is 0 Å². The van der Waals surface area contributed by atoms with Crippen molar-refractivity contribution in [3.05, 3.63) is 68.6 Å². The summed E-state index contributed by atoms with van der Waals surface area (Å²) in [6, 6.07) is 9.66. The number of fused-ring (bicyclic) bond motifs is 5. The van der Waals surface area contributed by atoms with Crippen LogP contribution < -0.4 is 10.4 Å². The number of carbonyl (C=O) groups is 2. The summed E-state index contributed by atoms with van der Waals surface area (Å²) >= 11 is 0. The zero-order chi connectivity index (χ0) is 32.7. The summed E-state index contributed by atoms with van der Waals surface area (Å²) in [7, 11) is 0. The summed E-state index contributed by atoms with van der Waals surface area (Å²) < 4.78 is 12.4. The third kappa shape index (κ3) is 1.59. The minimum atomic E-state index is -1.45. The third-order valence-corrected chi connectivity index (χ3v) is 16.8. The fourth-order valence-corrected chi connectivity index (χ4v) is 16.4. The topological polar surface area (TPSA) is 52.6 Å². The predicted octanol–water partition coefficient (Wildman–Crippen LogP) is 8.25. The number of esters is 2. The summed E-state index contributed by atoms with van der Waals surface area (Å²) in [5.74, 6) is -0.226. The molecule has 0 N–H and O–H groups in total. The normalized spacial score (nSPS) is 29.6. The first-order valence-corrected chi connectivity index (χ1v) is 19.2. The van der Waals surface area contributed by atoms with E-state index in [1.165, 1.54) is 135 Å². The number of benzene rings is 6. The van der Waals surface area contributed by atoms with Crippen molar-refractivity contribution in [1.82, 2.24) is 0 Å². The van der Waals surface area contributed by atoms with Gasteiger partial charge in [-0.25, -0.2) is 0 Å². The fraction of sp³-hybridized carbons (Fsp3) is 0.277. The highest BCUT2D eigenvalue weighted by Gasteiger charge is 3.02. The maximum atomic E-state index is 15.4. The molecule has 0 radical (unpaired) electrons. The van der Waals surface area contributed by atoms with Gasteiger partial charge in [0.05, 0.1) is 18.6 Å². The van der Waals surface area contributed by atoms with Crippen molar-refractivity contribution in [2.45, 2.75) is 55.8 Å². The number of ether oxygens (including phenoxy) is 2. The van der Waals surface area contributed by atoms with Crippen LogP contribution in [0.1, 0.15) is 67.2 Å². The van der Waals surface area contributed by atoms with E-state index in [4.69, 9.17) is 9.47 Å². The molecule has 1 fully saturated rings. The minimum Gasteiger partial charge on any atom is -0.465 e. The first-order chi connectivity index (χ1) is 25.1. The smallest absolute Gasteiger partial charge is 0.325 e. The lowest BCUT2D eigenvalue weighted by Crippen LogP contribution is -2.39. The summed E-state index contributed by atoms with van der Waals surface area (Å²) in [5, 5.41) is 28.3. The van der Waals surface area contributed by atoms with Crippen LogP contribution in [0.2, 0.25) is 0 Å². The van der Waals surface area contributed by atoms with Gasteiger partial charge in [-0.1, -0.05) is 48.1 Å². The number of rotatable bonds is 4. The van der Waals surface area contributed by atoms with Gasteiger partial charge in [-0.05, 0) is 175 Å². The molecular formula is C47H26O4. The Labute approximate surface area is 288 Å². The van der Waals surface area contributed by atoms with Gasteiger partial charge >= 0.3 is 11.9 Å². The largest absolute Gasteiger partial charge is 0.465 e. The van der Waals surface area contributed by atoms with E-state index in [2.05, 4.69) is 42.5 Å². The summed E-state index contributed by atoms with van der Waals surface area (Å²) in [6.07, 6.45) is 10.3. The van der Waals surface area contributed by atoms with Crippen molar-refractivity contribution >= 4 is 121 Å². The van der Waals surface area contributed by atoms with Gasteiger partial charge in [0.25, 0.3) is 0 Å². The molecule has 51 heavy (non-hydrogen) atoms. The Hall–Kier alpha value is -5.22. The van der Waals surface area contributed by atoms with E-state index in [9.17, 15) is 0 Å². The van der Waals surface area contributed by atoms with E-state index in [0.29, 0.717) is 0 Å². The fourth-order valence-electron chi connectivity index (χ4n) is 16.4. The molecule has 4 heteroatoms. The highest BCUT2D eigenvalue weighted by Crippen LogP contribution is 2.96. The molecule has 0 aromatic heterocycles. The van der Waals surface area contributed by atoms with E-state index in [1.54, 1.807) is 0 Å². The second-order valence-electron chi connectivity index (χ2n) is 17.3. The number of hydrogen-bond donors (Lipinski definition) is 0. The molecule has 5 atom stereocenters. The molecule has 0 aliphatic heterocycles. The quantitative estimate of drug-likeness (QED) is 0.0830. The Morgan fingerprint density at radius 3 is 1.78 bits per heavy atom. The first-order valence-electron chi connectivity index (χ1n) is 19.2. The van der Waals surface area contributed by atoms with Crippen LogP contribution >= 0.6 is 0 Å². The first kappa shape index (κ1) is 24.1. The molecule has 0 bridgehead atoms. The Bertz CT molecular complexity index is 3640. The zero-order valence-corrected chi connectivity index (χ0v) is 27.9. The summed E-state index contributed by atoms with van der Waals surface area (Å²) in [4.78, 5) is 30.7. The van der Waals surface area contributed by atoms with Crippen molar-refractivity contribution in [3.63, 3.8) is 0 Å². The molecule has 1 saturated carbocycles. The van der Waals surface area contributed by atoms with Gasteiger partial charge in [-0.3, -0.25) is 9.59 Å². The van der Waals surface area contributed by atoms with Gasteiger partial charge in [0.15, 0.2) is 5.41 Å². The lowest BCUT2D eigenvalue weighted by molar-refractivity contribution is -0.166. The van der Waals surface area contributed by atoms with Crippen molar-refractivity contribution < 1.29 is 19.1 Å². The van der Waals surface area contributed by atoms with Crippen molar-refractivity contribution in [2.75, 3.05) is 13.2 Å². The molecule has 7 aliphatic carbocycles. The average molecular weight is 655 g/mol. The van der Waals surface area contributed by atoms with Gasteiger partial charge in [-0.15, -0.1) is 0 Å². The molecule has 2 spiro atoms. The Kier molecular flexibility index (Phi) is 2.97. The molecule has 0 heterocycles. The lowest BCUT2D eigenvalue weighted by atomic mass is 9.65. The number of allylic oxidation sites excluding steroid dienone is 2. The summed E-state index contributed by atoms with van der Waals surface area (Å²) in [5.41, 5.74) is 3.88. The zero-order valence-electron chi connectivity index (χ0n) is 27.9. The van der Waals surface area contributed by atoms with Crippen LogP contribution in [0.4, 0.5) is 0 Å². The highest BCUT2D eigenvalue weighted by atomic mass is 16.6. The van der Waals surface area contributed by atoms with Crippen LogP contribution in [-0.2, 0) is 29.9 Å². The van der Waals surface area contributed by atoms with Crippen molar-refractivity contribution in [1.29, 1.82) is 0 Å². The highest BCUT2D eigenvalue weighted by molar-refractivity contribution is 6.60. The molecule has 238 valence electrons. The van der Waals surface area contributed by atoms with Crippen LogP contribution in [0.15, 0.2) is 35.9 Å². The Morgan fingerprint density at radius 1 is 0.588 bits per heavy atom. The second kappa shape index (κ2) is 6.29. The molecule has 4 nitrogen and oxygen atoms in total. The molecule has 10 aromatic rings. The molecule has 10 aromatic carbocycles. The third-order valence-electron chi connectivity index (χ3n) is 16.8. The Balaban J connectivity index is 1.31. The van der Waals surface area contributed by atoms with Gasteiger partial charge in [0, 0.05) is 11.3 Å². The summed E-state index contributed by atoms with van der Waals surface area (Å²) in [6.45, 7) is 4.25. The van der Waals surface area contributed by atoms with E-state index in [0.717, 1.165) is 19.3 Å². The van der Waals surface area contributed by atoms with E-state index >= 15 is 9.59 Å². The SMILES string of the molecule is CCOC(=O)C1(C(=O)OCC)C23C4=CCC5C6CC=c7c8ccc9c%10ccc%11c%12c%13c(c2c2c%14c(c6c7c6c8c9c7c%10c%11c%13c2c7c%146)C513)C4CC=%12. The van der Waals surface area contributed by atoms with Crippen LogP contribution in [0, 0.1) is 11.3 Å². The molecule has 0 saturated heterocycles. The van der Waals surface area contributed by atoms with Gasteiger partial charge in [-0.2, -0.15) is 0 Å². The Morgan fingerprint density at radius 2 is 1.12 bits per heavy atom. The average Bonchev–Trinajstić information content (AvgIpc) is 3.75. The maximum absolute atomic E-state index is 15.4. The van der Waals surface area contributed by atoms with Crippen LogP contribution in [0.25, 0.3) is 109 Å². The second-order valence-corrected chi connectivity index (χ2v) is 17.3. The van der Waals surface area contributed by atoms with Crippen molar-refractivity contribution in [3.8, 4) is 0 Å². The van der Waals surface area contributed by atoms with Crippen LogP contribution in [0.5, 0.6) is 0 Å². The molecule has 17 rings (SSSR count). The minimum absolute atomic E-state index is 0.112. The van der Waals surface area contributed by atoms with E-state index < -0.39 is 16.2 Å². The predicted molar refractivity (Wildman–Crippen MR) is 200 cm³/mol. The van der Waals surface area contributed by atoms with Gasteiger partial charge < -0.3 is 9.47 Å². The van der Waals surface area contributed by atoms with E-state index in [-0.39, 0.29) is 42.9 Å². The van der Waals surface area contributed by atoms with Crippen molar-refractivity contribution in [2.24, 2.45) is 11.3 Å². The monoisotopic (exact) mass is 654 g/mol. The maximum Gasteiger partial charge on any atom is 0.325 e. The standard InChI is InChI=1S/C47H26O4/c1-3-50-43(48)47(44(49)51-4-2)45-23-13-14-24-22-12-10-20-18-8-6-16-15-5-7-17-19-9-11-21(23)31-29(19)34-27(17)25(15)33-26(16)28(18)35-30(20)32(22)42(46(24,45)47)40-38(35)36(33)37(34)39(40)41(31)45/h5-10,13,21-22,24H,3-4,11-12,14H2,1-2H3. The lowest BCUT2D eigenvalue weighted by Gasteiger charge is -2.36. The number of hydrogen-bond acceptors (Lipinski definition) is 4. The van der Waals surface area contributed by atoms with Crippen LogP contribution in [-0.4, -0.2) is 25.2 Å². The molecule has 7 aliphatic rings. The van der Waals surface area contributed by atoms with Gasteiger partial charge in [0.1, 0.15) is 0 Å². The van der Waals surface area contributed by atoms with E-state index in [1.807, 2.05) is 13.8 Å².